The van der Waals surface area contributed by atoms with Gasteiger partial charge in [-0.2, -0.15) is 0 Å². The first kappa shape index (κ1) is 10.0. The first-order chi connectivity index (χ1) is 6.22. The third-order valence-corrected chi connectivity index (χ3v) is 2.05. The topological polar surface area (TPSA) is 24.9 Å². The van der Waals surface area contributed by atoms with Crippen molar-refractivity contribution in [2.75, 3.05) is 5.32 Å². The van der Waals surface area contributed by atoms with Crippen molar-refractivity contribution in [2.24, 2.45) is 0 Å². The average molecular weight is 178 g/mol. The number of hydrogen-bond acceptors (Lipinski definition) is 2. The number of aryl methyl sites for hydroxylation is 1. The summed E-state index contributed by atoms with van der Waals surface area (Å²) in [6.45, 7) is 6.40. The standard InChI is InChI=1S/C11H18N2/c1-4-5-10(3)13-11-7-6-9(2)12-8-11/h6-8,10,13H,4-5H2,1-3H3/t10-/m1/s1. The molecule has 1 heterocycles. The first-order valence-electron chi connectivity index (χ1n) is 4.91. The van der Waals surface area contributed by atoms with E-state index in [4.69, 9.17) is 0 Å². The molecule has 0 radical (unpaired) electrons. The van der Waals surface area contributed by atoms with Gasteiger partial charge in [-0.25, -0.2) is 0 Å². The van der Waals surface area contributed by atoms with E-state index in [0.29, 0.717) is 6.04 Å². The van der Waals surface area contributed by atoms with Gasteiger partial charge >= 0.3 is 0 Å². The molecule has 0 saturated heterocycles. The summed E-state index contributed by atoms with van der Waals surface area (Å²) in [7, 11) is 0. The molecule has 0 saturated carbocycles. The number of rotatable bonds is 4. The van der Waals surface area contributed by atoms with Crippen LogP contribution in [0, 0.1) is 6.92 Å². The summed E-state index contributed by atoms with van der Waals surface area (Å²) in [5.74, 6) is 0. The van der Waals surface area contributed by atoms with Crippen molar-refractivity contribution in [3.05, 3.63) is 24.0 Å². The highest BCUT2D eigenvalue weighted by atomic mass is 14.9. The second-order valence-electron chi connectivity index (χ2n) is 3.52. The molecule has 1 N–H and O–H groups in total. The second-order valence-corrected chi connectivity index (χ2v) is 3.52. The number of anilines is 1. The highest BCUT2D eigenvalue weighted by molar-refractivity contribution is 5.41. The van der Waals surface area contributed by atoms with E-state index in [0.717, 1.165) is 11.4 Å². The SMILES string of the molecule is CCC[C@@H](C)Nc1ccc(C)nc1. The Bertz CT molecular complexity index is 241. The molecule has 0 aliphatic rings. The minimum atomic E-state index is 0.537. The molecule has 0 bridgehead atoms. The van der Waals surface area contributed by atoms with Gasteiger partial charge in [0.25, 0.3) is 0 Å². The molecule has 0 aliphatic carbocycles. The largest absolute Gasteiger partial charge is 0.381 e. The molecule has 0 fully saturated rings. The number of nitrogens with zero attached hydrogens (tertiary/aromatic N) is 1. The van der Waals surface area contributed by atoms with Gasteiger partial charge in [-0.05, 0) is 32.4 Å². The molecule has 0 unspecified atom stereocenters. The van der Waals surface area contributed by atoms with Gasteiger partial charge in [0.15, 0.2) is 0 Å². The molecule has 72 valence electrons. The maximum Gasteiger partial charge on any atom is 0.0528 e. The molecule has 0 amide bonds. The van der Waals surface area contributed by atoms with E-state index in [-0.39, 0.29) is 0 Å². The highest BCUT2D eigenvalue weighted by Gasteiger charge is 1.99. The molecule has 2 heteroatoms. The minimum Gasteiger partial charge on any atom is -0.381 e. The van der Waals surface area contributed by atoms with Crippen molar-refractivity contribution >= 4 is 5.69 Å². The van der Waals surface area contributed by atoms with Crippen molar-refractivity contribution in [1.29, 1.82) is 0 Å². The zero-order valence-corrected chi connectivity index (χ0v) is 8.67. The van der Waals surface area contributed by atoms with Crippen molar-refractivity contribution in [3.8, 4) is 0 Å². The quantitative estimate of drug-likeness (QED) is 0.766. The molecule has 0 spiro atoms. The minimum absolute atomic E-state index is 0.537. The van der Waals surface area contributed by atoms with Crippen LogP contribution in [0.4, 0.5) is 5.69 Å². The van der Waals surface area contributed by atoms with Crippen LogP contribution in [-0.2, 0) is 0 Å². The summed E-state index contributed by atoms with van der Waals surface area (Å²) in [5.41, 5.74) is 2.18. The third kappa shape index (κ3) is 3.45. The zero-order chi connectivity index (χ0) is 9.68. The lowest BCUT2D eigenvalue weighted by molar-refractivity contribution is 0.690. The molecular formula is C11H18N2. The van der Waals surface area contributed by atoms with Crippen LogP contribution in [0.2, 0.25) is 0 Å². The van der Waals surface area contributed by atoms with Gasteiger partial charge in [0.1, 0.15) is 0 Å². The summed E-state index contributed by atoms with van der Waals surface area (Å²) < 4.78 is 0. The highest BCUT2D eigenvalue weighted by Crippen LogP contribution is 2.09. The van der Waals surface area contributed by atoms with Crippen LogP contribution in [0.1, 0.15) is 32.4 Å². The van der Waals surface area contributed by atoms with Gasteiger partial charge in [0.05, 0.1) is 11.9 Å². The Balaban J connectivity index is 2.49. The fourth-order valence-electron chi connectivity index (χ4n) is 1.34. The van der Waals surface area contributed by atoms with E-state index in [9.17, 15) is 0 Å². The van der Waals surface area contributed by atoms with Crippen LogP contribution in [0.3, 0.4) is 0 Å². The summed E-state index contributed by atoms with van der Waals surface area (Å²) in [6.07, 6.45) is 4.31. The molecule has 13 heavy (non-hydrogen) atoms. The number of hydrogen-bond donors (Lipinski definition) is 1. The molecule has 2 nitrogen and oxygen atoms in total. The van der Waals surface area contributed by atoms with Gasteiger partial charge in [-0.15, -0.1) is 0 Å². The fraction of sp³-hybridized carbons (Fsp3) is 0.545. The van der Waals surface area contributed by atoms with E-state index in [1.54, 1.807) is 0 Å². The Morgan fingerprint density at radius 2 is 2.23 bits per heavy atom. The van der Waals surface area contributed by atoms with E-state index < -0.39 is 0 Å². The molecule has 1 aromatic rings. The van der Waals surface area contributed by atoms with Crippen LogP contribution < -0.4 is 5.32 Å². The smallest absolute Gasteiger partial charge is 0.0528 e. The van der Waals surface area contributed by atoms with E-state index in [1.807, 2.05) is 19.2 Å². The van der Waals surface area contributed by atoms with Crippen molar-refractivity contribution in [2.45, 2.75) is 39.7 Å². The summed E-state index contributed by atoms with van der Waals surface area (Å²) >= 11 is 0. The molecule has 1 atom stereocenters. The normalized spacial score (nSPS) is 12.5. The maximum absolute atomic E-state index is 4.23. The Labute approximate surface area is 80.4 Å². The third-order valence-electron chi connectivity index (χ3n) is 2.05. The number of nitrogens with one attached hydrogen (secondary N) is 1. The first-order valence-corrected chi connectivity index (χ1v) is 4.91. The fourth-order valence-corrected chi connectivity index (χ4v) is 1.34. The summed E-state index contributed by atoms with van der Waals surface area (Å²) in [6, 6.07) is 4.64. The van der Waals surface area contributed by atoms with Gasteiger partial charge in [-0.1, -0.05) is 13.3 Å². The predicted octanol–water partition coefficient (Wildman–Crippen LogP) is 2.99. The van der Waals surface area contributed by atoms with Gasteiger partial charge in [0, 0.05) is 11.7 Å². The molecular weight excluding hydrogens is 160 g/mol. The maximum atomic E-state index is 4.23. The van der Waals surface area contributed by atoms with Crippen LogP contribution in [0.5, 0.6) is 0 Å². The lowest BCUT2D eigenvalue weighted by Gasteiger charge is -2.13. The monoisotopic (exact) mass is 178 g/mol. The Hall–Kier alpha value is -1.05. The van der Waals surface area contributed by atoms with E-state index in [2.05, 4.69) is 30.2 Å². The Morgan fingerprint density at radius 1 is 1.46 bits per heavy atom. The van der Waals surface area contributed by atoms with Crippen LogP contribution in [0.25, 0.3) is 0 Å². The predicted molar refractivity (Wildman–Crippen MR) is 57.0 cm³/mol. The molecule has 1 aromatic heterocycles. The lowest BCUT2D eigenvalue weighted by Crippen LogP contribution is -2.14. The lowest BCUT2D eigenvalue weighted by atomic mass is 10.2. The summed E-state index contributed by atoms with van der Waals surface area (Å²) in [5, 5.41) is 3.41. The van der Waals surface area contributed by atoms with Crippen molar-refractivity contribution in [3.63, 3.8) is 0 Å². The Kier molecular flexibility index (Phi) is 3.74. The number of pyridine rings is 1. The van der Waals surface area contributed by atoms with Gasteiger partial charge in [0.2, 0.25) is 0 Å². The van der Waals surface area contributed by atoms with Gasteiger partial charge < -0.3 is 5.32 Å². The molecule has 0 aromatic carbocycles. The zero-order valence-electron chi connectivity index (χ0n) is 8.67. The van der Waals surface area contributed by atoms with E-state index >= 15 is 0 Å². The number of aromatic nitrogens is 1. The van der Waals surface area contributed by atoms with Gasteiger partial charge in [-0.3, -0.25) is 4.98 Å². The van der Waals surface area contributed by atoms with Crippen molar-refractivity contribution < 1.29 is 0 Å². The van der Waals surface area contributed by atoms with Crippen LogP contribution in [-0.4, -0.2) is 11.0 Å². The van der Waals surface area contributed by atoms with E-state index in [1.165, 1.54) is 12.8 Å². The molecule has 1 rings (SSSR count). The molecule has 0 aliphatic heterocycles. The summed E-state index contributed by atoms with van der Waals surface area (Å²) in [4.78, 5) is 4.23. The Morgan fingerprint density at radius 3 is 2.77 bits per heavy atom. The second kappa shape index (κ2) is 4.85. The van der Waals surface area contributed by atoms with Crippen LogP contribution in [0.15, 0.2) is 18.3 Å². The van der Waals surface area contributed by atoms with Crippen molar-refractivity contribution in [1.82, 2.24) is 4.98 Å². The average Bonchev–Trinajstić information content (AvgIpc) is 2.09. The van der Waals surface area contributed by atoms with Crippen LogP contribution >= 0.6 is 0 Å².